The van der Waals surface area contributed by atoms with Crippen LogP contribution in [0.15, 0.2) is 47.1 Å². The number of carbonyl (C=O) groups is 1. The van der Waals surface area contributed by atoms with Crippen molar-refractivity contribution in [2.45, 2.75) is 39.9 Å². The van der Waals surface area contributed by atoms with E-state index in [0.29, 0.717) is 23.5 Å². The van der Waals surface area contributed by atoms with Gasteiger partial charge >= 0.3 is 0 Å². The molecule has 0 atom stereocenters. The number of rotatable bonds is 7. The molecule has 0 aliphatic rings. The Morgan fingerprint density at radius 3 is 2.58 bits per heavy atom. The van der Waals surface area contributed by atoms with E-state index >= 15 is 0 Å². The molecule has 172 valence electrons. The molecule has 0 spiro atoms. The Morgan fingerprint density at radius 1 is 1.21 bits per heavy atom. The number of amides is 1. The highest BCUT2D eigenvalue weighted by Gasteiger charge is 2.23. The third kappa shape index (κ3) is 4.66. The molecule has 1 amide bonds. The number of hydrogen-bond donors (Lipinski definition) is 0. The second-order valence-electron chi connectivity index (χ2n) is 7.73. The van der Waals surface area contributed by atoms with Crippen molar-refractivity contribution in [3.05, 3.63) is 64.0 Å². The number of pyridine rings is 1. The standard InChI is InChI=1S/C23H23BrF2N6O/c1-4-31-11-17(24)19(29-31)12-30(3)20(33)13-32-23-21(14(2)28-32)16(22(25)26)10-18(27-23)15-8-6-5-7-9-15/h5-11,22H,4,12-13H2,1-3H3. The van der Waals surface area contributed by atoms with E-state index in [-0.39, 0.29) is 29.0 Å². The first-order valence-electron chi connectivity index (χ1n) is 10.5. The van der Waals surface area contributed by atoms with Crippen molar-refractivity contribution in [3.63, 3.8) is 0 Å². The van der Waals surface area contributed by atoms with Crippen molar-refractivity contribution in [2.24, 2.45) is 0 Å². The topological polar surface area (TPSA) is 68.8 Å². The maximum Gasteiger partial charge on any atom is 0.264 e. The van der Waals surface area contributed by atoms with Crippen LogP contribution in [0.2, 0.25) is 0 Å². The van der Waals surface area contributed by atoms with Crippen LogP contribution in [0.3, 0.4) is 0 Å². The Labute approximate surface area is 198 Å². The van der Waals surface area contributed by atoms with Gasteiger partial charge < -0.3 is 4.90 Å². The van der Waals surface area contributed by atoms with Gasteiger partial charge in [-0.2, -0.15) is 10.2 Å². The number of benzene rings is 1. The van der Waals surface area contributed by atoms with Gasteiger partial charge in [-0.3, -0.25) is 9.48 Å². The lowest BCUT2D eigenvalue weighted by molar-refractivity contribution is -0.131. The van der Waals surface area contributed by atoms with Crippen molar-refractivity contribution in [2.75, 3.05) is 7.05 Å². The van der Waals surface area contributed by atoms with Crippen LogP contribution in [0.1, 0.15) is 30.3 Å². The zero-order valence-corrected chi connectivity index (χ0v) is 20.1. The first kappa shape index (κ1) is 23.0. The molecule has 33 heavy (non-hydrogen) atoms. The average molecular weight is 517 g/mol. The Kier molecular flexibility index (Phi) is 6.55. The monoisotopic (exact) mass is 516 g/mol. The summed E-state index contributed by atoms with van der Waals surface area (Å²) in [6.45, 7) is 4.53. The number of nitrogens with zero attached hydrogens (tertiary/aromatic N) is 6. The predicted octanol–water partition coefficient (Wildman–Crippen LogP) is 4.98. The van der Waals surface area contributed by atoms with Gasteiger partial charge in [0.2, 0.25) is 5.91 Å². The molecule has 0 N–H and O–H groups in total. The molecule has 4 rings (SSSR count). The molecule has 3 aromatic heterocycles. The fraction of sp³-hybridized carbons (Fsp3) is 0.304. The number of fused-ring (bicyclic) bond motifs is 1. The summed E-state index contributed by atoms with van der Waals surface area (Å²) in [7, 11) is 1.67. The molecular weight excluding hydrogens is 494 g/mol. The third-order valence-corrected chi connectivity index (χ3v) is 6.08. The van der Waals surface area contributed by atoms with E-state index < -0.39 is 6.43 Å². The van der Waals surface area contributed by atoms with Gasteiger partial charge in [-0.15, -0.1) is 0 Å². The van der Waals surface area contributed by atoms with Gasteiger partial charge in [-0.1, -0.05) is 30.3 Å². The maximum atomic E-state index is 13.9. The molecule has 1 aromatic carbocycles. The van der Waals surface area contributed by atoms with Crippen LogP contribution in [0.25, 0.3) is 22.3 Å². The Balaban J connectivity index is 1.68. The number of hydrogen-bond acceptors (Lipinski definition) is 4. The van der Waals surface area contributed by atoms with Crippen molar-refractivity contribution in [3.8, 4) is 11.3 Å². The summed E-state index contributed by atoms with van der Waals surface area (Å²) < 4.78 is 31.9. The highest BCUT2D eigenvalue weighted by Crippen LogP contribution is 2.33. The summed E-state index contributed by atoms with van der Waals surface area (Å²) in [6.07, 6.45) is -0.836. The fourth-order valence-corrected chi connectivity index (χ4v) is 4.13. The van der Waals surface area contributed by atoms with Crippen LogP contribution in [0.4, 0.5) is 8.78 Å². The van der Waals surface area contributed by atoms with E-state index in [4.69, 9.17) is 0 Å². The molecule has 4 aromatic rings. The SMILES string of the molecule is CCn1cc(Br)c(CN(C)C(=O)Cn2nc(C)c3c(C(F)F)cc(-c4ccccc4)nc32)n1. The lowest BCUT2D eigenvalue weighted by Gasteiger charge is -2.16. The zero-order valence-electron chi connectivity index (χ0n) is 18.5. The van der Waals surface area contributed by atoms with Crippen molar-refractivity contribution < 1.29 is 13.6 Å². The number of aryl methyl sites for hydroxylation is 2. The van der Waals surface area contributed by atoms with E-state index in [2.05, 4.69) is 31.1 Å². The molecule has 7 nitrogen and oxygen atoms in total. The van der Waals surface area contributed by atoms with Gasteiger partial charge in [0.05, 0.1) is 33.5 Å². The van der Waals surface area contributed by atoms with E-state index in [1.165, 1.54) is 15.6 Å². The van der Waals surface area contributed by atoms with Gasteiger partial charge in [0.15, 0.2) is 5.65 Å². The zero-order chi connectivity index (χ0) is 23.7. The molecule has 0 saturated carbocycles. The fourth-order valence-electron chi connectivity index (χ4n) is 3.69. The van der Waals surface area contributed by atoms with E-state index in [1.54, 1.807) is 18.7 Å². The van der Waals surface area contributed by atoms with Crippen LogP contribution in [-0.4, -0.2) is 42.4 Å². The molecule has 0 aliphatic heterocycles. The second kappa shape index (κ2) is 9.38. The molecule has 0 radical (unpaired) electrons. The summed E-state index contributed by atoms with van der Waals surface area (Å²) in [5.41, 5.74) is 2.40. The molecule has 10 heteroatoms. The normalized spacial score (nSPS) is 11.5. The summed E-state index contributed by atoms with van der Waals surface area (Å²) >= 11 is 3.47. The number of likely N-dealkylation sites (N-methyl/N-ethyl adjacent to an activating group) is 1. The smallest absolute Gasteiger partial charge is 0.264 e. The number of halogens is 3. The summed E-state index contributed by atoms with van der Waals surface area (Å²) in [4.78, 5) is 19.1. The Hall–Kier alpha value is -3.14. The van der Waals surface area contributed by atoms with E-state index in [9.17, 15) is 13.6 Å². The van der Waals surface area contributed by atoms with Crippen LogP contribution >= 0.6 is 15.9 Å². The molecule has 0 bridgehead atoms. The predicted molar refractivity (Wildman–Crippen MR) is 125 cm³/mol. The van der Waals surface area contributed by atoms with Crippen LogP contribution in [-0.2, 0) is 24.4 Å². The molecule has 0 fully saturated rings. The summed E-state index contributed by atoms with van der Waals surface area (Å²) in [5.74, 6) is -0.233. The molecule has 0 saturated heterocycles. The van der Waals surface area contributed by atoms with Crippen LogP contribution < -0.4 is 0 Å². The van der Waals surface area contributed by atoms with Gasteiger partial charge in [0.25, 0.3) is 6.43 Å². The number of carbonyl (C=O) groups excluding carboxylic acids is 1. The molecular formula is C23H23BrF2N6O. The largest absolute Gasteiger partial charge is 0.338 e. The van der Waals surface area contributed by atoms with Gasteiger partial charge in [-0.05, 0) is 35.8 Å². The van der Waals surface area contributed by atoms with Crippen molar-refractivity contribution in [1.29, 1.82) is 0 Å². The van der Waals surface area contributed by atoms with Gasteiger partial charge in [-0.25, -0.2) is 18.4 Å². The number of alkyl halides is 2. The lowest BCUT2D eigenvalue weighted by atomic mass is 10.1. The third-order valence-electron chi connectivity index (χ3n) is 5.42. The van der Waals surface area contributed by atoms with Gasteiger partial charge in [0.1, 0.15) is 6.54 Å². The summed E-state index contributed by atoms with van der Waals surface area (Å²) in [5, 5.41) is 9.10. The van der Waals surface area contributed by atoms with Crippen LogP contribution in [0, 0.1) is 6.92 Å². The minimum absolute atomic E-state index is 0.124. The Morgan fingerprint density at radius 2 is 1.94 bits per heavy atom. The first-order chi connectivity index (χ1) is 15.8. The maximum absolute atomic E-state index is 13.9. The average Bonchev–Trinajstić information content (AvgIpc) is 3.32. The van der Waals surface area contributed by atoms with E-state index in [1.807, 2.05) is 43.5 Å². The molecule has 0 unspecified atom stereocenters. The molecule has 0 aliphatic carbocycles. The van der Waals surface area contributed by atoms with Crippen molar-refractivity contribution >= 4 is 32.9 Å². The van der Waals surface area contributed by atoms with Crippen molar-refractivity contribution in [1.82, 2.24) is 29.4 Å². The van der Waals surface area contributed by atoms with Crippen LogP contribution in [0.5, 0.6) is 0 Å². The lowest BCUT2D eigenvalue weighted by Crippen LogP contribution is -2.30. The summed E-state index contributed by atoms with van der Waals surface area (Å²) in [6, 6.07) is 10.5. The second-order valence-corrected chi connectivity index (χ2v) is 8.59. The number of aromatic nitrogens is 5. The minimum atomic E-state index is -2.70. The molecule has 3 heterocycles. The first-order valence-corrected chi connectivity index (χ1v) is 11.2. The Bertz CT molecular complexity index is 1300. The minimum Gasteiger partial charge on any atom is -0.338 e. The highest BCUT2D eigenvalue weighted by molar-refractivity contribution is 9.10. The van der Waals surface area contributed by atoms with Gasteiger partial charge in [0, 0.05) is 30.9 Å². The highest BCUT2D eigenvalue weighted by atomic mass is 79.9. The van der Waals surface area contributed by atoms with E-state index in [0.717, 1.165) is 16.7 Å². The quantitative estimate of drug-likeness (QED) is 0.347.